The van der Waals surface area contributed by atoms with Gasteiger partial charge in [-0.1, -0.05) is 42.8 Å². The lowest BCUT2D eigenvalue weighted by Crippen LogP contribution is -2.41. The summed E-state index contributed by atoms with van der Waals surface area (Å²) >= 11 is 5.72. The molecule has 2 rings (SSSR count). The summed E-state index contributed by atoms with van der Waals surface area (Å²) in [5.74, 6) is 0. The number of benzene rings is 1. The molecule has 1 aromatic carbocycles. The summed E-state index contributed by atoms with van der Waals surface area (Å²) in [4.78, 5) is 2.56. The van der Waals surface area contributed by atoms with Gasteiger partial charge < -0.3 is 10.2 Å². The fourth-order valence-corrected chi connectivity index (χ4v) is 4.43. The number of nitrogens with one attached hydrogen (secondary N) is 1. The maximum Gasteiger partial charge on any atom is 0.0423 e. The molecule has 20 heavy (non-hydrogen) atoms. The van der Waals surface area contributed by atoms with E-state index in [1.807, 2.05) is 0 Å². The molecule has 4 heteroatoms. The van der Waals surface area contributed by atoms with E-state index in [2.05, 4.69) is 76.9 Å². The van der Waals surface area contributed by atoms with Crippen molar-refractivity contribution in [2.75, 3.05) is 24.5 Å². The van der Waals surface area contributed by atoms with Crippen molar-refractivity contribution in [1.29, 1.82) is 0 Å². The minimum absolute atomic E-state index is 0.703. The van der Waals surface area contributed by atoms with E-state index in [1.54, 1.807) is 0 Å². The largest absolute Gasteiger partial charge is 0.369 e. The van der Waals surface area contributed by atoms with Gasteiger partial charge in [0.2, 0.25) is 0 Å². The molecule has 2 atom stereocenters. The van der Waals surface area contributed by atoms with E-state index in [-0.39, 0.29) is 0 Å². The van der Waals surface area contributed by atoms with Gasteiger partial charge in [-0.15, -0.1) is 0 Å². The minimum atomic E-state index is 0.703. The average Bonchev–Trinajstić information content (AvgIpc) is 2.39. The number of nitrogens with zero attached hydrogens (tertiary/aromatic N) is 1. The molecule has 2 nitrogen and oxygen atoms in total. The Hall–Kier alpha value is -0.190. The van der Waals surface area contributed by atoms with Crippen molar-refractivity contribution in [3.8, 4) is 0 Å². The van der Waals surface area contributed by atoms with Gasteiger partial charge in [0.1, 0.15) is 0 Å². The third kappa shape index (κ3) is 4.40. The highest BCUT2D eigenvalue weighted by Gasteiger charge is 2.24. The molecule has 1 aliphatic rings. The predicted octanol–water partition coefficient (Wildman–Crippen LogP) is 4.28. The summed E-state index contributed by atoms with van der Waals surface area (Å²) in [5, 5.41) is 4.93. The molecule has 112 valence electrons. The fourth-order valence-electron chi connectivity index (χ4n) is 2.76. The molecule has 2 unspecified atom stereocenters. The summed E-state index contributed by atoms with van der Waals surface area (Å²) in [5.41, 5.74) is 2.80. The Morgan fingerprint density at radius 2 is 2.00 bits per heavy atom. The van der Waals surface area contributed by atoms with Crippen LogP contribution in [0.25, 0.3) is 0 Å². The van der Waals surface area contributed by atoms with Gasteiger partial charge in [-0.2, -0.15) is 11.8 Å². The van der Waals surface area contributed by atoms with E-state index in [1.165, 1.54) is 22.1 Å². The van der Waals surface area contributed by atoms with Crippen LogP contribution in [0.15, 0.2) is 22.7 Å². The standard InChI is InChI=1S/C16H25BrN2S/c1-4-7-18-9-14-5-6-15(17)8-16(14)19-10-12(2)20-13(3)11-19/h5-6,8,12-13,18H,4,7,9-11H2,1-3H3. The lowest BCUT2D eigenvalue weighted by molar-refractivity contribution is 0.667. The summed E-state index contributed by atoms with van der Waals surface area (Å²) < 4.78 is 1.17. The molecule has 1 N–H and O–H groups in total. The lowest BCUT2D eigenvalue weighted by Gasteiger charge is -2.37. The zero-order chi connectivity index (χ0) is 14.5. The Labute approximate surface area is 135 Å². The SMILES string of the molecule is CCCNCc1ccc(Br)cc1N1CC(C)SC(C)C1. The molecule has 1 saturated heterocycles. The highest BCUT2D eigenvalue weighted by atomic mass is 79.9. The van der Waals surface area contributed by atoms with Gasteiger partial charge in [-0.05, 0) is 30.7 Å². The number of hydrogen-bond acceptors (Lipinski definition) is 3. The van der Waals surface area contributed by atoms with Crippen LogP contribution in [0.1, 0.15) is 32.8 Å². The molecule has 1 fully saturated rings. The molecular formula is C16H25BrN2S. The number of thioether (sulfide) groups is 1. The van der Waals surface area contributed by atoms with Gasteiger partial charge in [0.15, 0.2) is 0 Å². The molecule has 0 aliphatic carbocycles. The van der Waals surface area contributed by atoms with E-state index >= 15 is 0 Å². The Kier molecular flexibility index (Phi) is 6.24. The highest BCUT2D eigenvalue weighted by molar-refractivity contribution is 9.10. The van der Waals surface area contributed by atoms with Crippen LogP contribution < -0.4 is 10.2 Å². The number of hydrogen-bond donors (Lipinski definition) is 1. The molecule has 1 aliphatic heterocycles. The second-order valence-electron chi connectivity index (χ2n) is 5.61. The fraction of sp³-hybridized carbons (Fsp3) is 0.625. The molecule has 0 bridgehead atoms. The zero-order valence-electron chi connectivity index (χ0n) is 12.7. The molecule has 1 heterocycles. The van der Waals surface area contributed by atoms with Crippen LogP contribution >= 0.6 is 27.7 Å². The first-order valence-corrected chi connectivity index (χ1v) is 9.23. The third-order valence-electron chi connectivity index (χ3n) is 3.55. The second kappa shape index (κ2) is 7.71. The molecule has 0 aromatic heterocycles. The molecule has 0 amide bonds. The smallest absolute Gasteiger partial charge is 0.0423 e. The van der Waals surface area contributed by atoms with Crippen LogP contribution in [0, 0.1) is 0 Å². The monoisotopic (exact) mass is 356 g/mol. The maximum atomic E-state index is 3.62. The van der Waals surface area contributed by atoms with Crippen molar-refractivity contribution in [2.45, 2.75) is 44.2 Å². The summed E-state index contributed by atoms with van der Waals surface area (Å²) in [6.07, 6.45) is 1.18. The number of halogens is 1. The molecule has 0 saturated carbocycles. The lowest BCUT2D eigenvalue weighted by atomic mass is 10.1. The second-order valence-corrected chi connectivity index (χ2v) is 8.41. The van der Waals surface area contributed by atoms with Crippen LogP contribution in [-0.4, -0.2) is 30.1 Å². The first kappa shape index (κ1) is 16.2. The zero-order valence-corrected chi connectivity index (χ0v) is 15.1. The molecule has 0 radical (unpaired) electrons. The van der Waals surface area contributed by atoms with Crippen LogP contribution in [0.5, 0.6) is 0 Å². The first-order chi connectivity index (χ1) is 9.60. The number of rotatable bonds is 5. The van der Waals surface area contributed by atoms with Crippen molar-refractivity contribution >= 4 is 33.4 Å². The van der Waals surface area contributed by atoms with Gasteiger partial charge in [0.05, 0.1) is 0 Å². The summed E-state index contributed by atoms with van der Waals surface area (Å²) in [6, 6.07) is 6.68. The van der Waals surface area contributed by atoms with Crippen LogP contribution in [0.4, 0.5) is 5.69 Å². The van der Waals surface area contributed by atoms with Gasteiger partial charge in [0.25, 0.3) is 0 Å². The molecule has 1 aromatic rings. The van der Waals surface area contributed by atoms with Gasteiger partial charge in [0, 0.05) is 40.3 Å². The highest BCUT2D eigenvalue weighted by Crippen LogP contribution is 2.32. The van der Waals surface area contributed by atoms with Crippen molar-refractivity contribution in [1.82, 2.24) is 5.32 Å². The Bertz CT molecular complexity index is 428. The van der Waals surface area contributed by atoms with Crippen molar-refractivity contribution in [2.24, 2.45) is 0 Å². The quantitative estimate of drug-likeness (QED) is 0.792. The normalized spacial score (nSPS) is 23.1. The first-order valence-electron chi connectivity index (χ1n) is 7.49. The van der Waals surface area contributed by atoms with E-state index < -0.39 is 0 Å². The van der Waals surface area contributed by atoms with Gasteiger partial charge in [-0.3, -0.25) is 0 Å². The van der Waals surface area contributed by atoms with Crippen LogP contribution in [0.3, 0.4) is 0 Å². The van der Waals surface area contributed by atoms with Crippen LogP contribution in [-0.2, 0) is 6.54 Å². The average molecular weight is 357 g/mol. The number of anilines is 1. The van der Waals surface area contributed by atoms with Crippen LogP contribution in [0.2, 0.25) is 0 Å². The Morgan fingerprint density at radius 1 is 1.30 bits per heavy atom. The third-order valence-corrected chi connectivity index (χ3v) is 5.27. The summed E-state index contributed by atoms with van der Waals surface area (Å²) in [7, 11) is 0. The van der Waals surface area contributed by atoms with Crippen molar-refractivity contribution in [3.05, 3.63) is 28.2 Å². The van der Waals surface area contributed by atoms with Crippen molar-refractivity contribution < 1.29 is 0 Å². The van der Waals surface area contributed by atoms with Gasteiger partial charge >= 0.3 is 0 Å². The van der Waals surface area contributed by atoms with E-state index in [0.29, 0.717) is 10.5 Å². The molecular weight excluding hydrogens is 332 g/mol. The van der Waals surface area contributed by atoms with E-state index in [4.69, 9.17) is 0 Å². The minimum Gasteiger partial charge on any atom is -0.369 e. The Morgan fingerprint density at radius 3 is 2.65 bits per heavy atom. The van der Waals surface area contributed by atoms with E-state index in [9.17, 15) is 0 Å². The molecule has 0 spiro atoms. The maximum absolute atomic E-state index is 3.62. The Balaban J connectivity index is 2.17. The van der Waals surface area contributed by atoms with Crippen molar-refractivity contribution in [3.63, 3.8) is 0 Å². The summed E-state index contributed by atoms with van der Waals surface area (Å²) in [6.45, 7) is 11.2. The van der Waals surface area contributed by atoms with Gasteiger partial charge in [-0.25, -0.2) is 0 Å². The topological polar surface area (TPSA) is 15.3 Å². The van der Waals surface area contributed by atoms with E-state index in [0.717, 1.165) is 26.2 Å². The predicted molar refractivity (Wildman–Crippen MR) is 94.9 cm³/mol.